The molecule has 0 fully saturated rings. The van der Waals surface area contributed by atoms with Crippen molar-refractivity contribution in [2.45, 2.75) is 6.43 Å². The van der Waals surface area contributed by atoms with E-state index >= 15 is 0 Å². The van der Waals surface area contributed by atoms with E-state index in [4.69, 9.17) is 4.74 Å². The predicted octanol–water partition coefficient (Wildman–Crippen LogP) is 1.74. The first kappa shape index (κ1) is 10.5. The second-order valence-electron chi connectivity index (χ2n) is 2.40. The Bertz CT molecular complexity index is 331. The Labute approximate surface area is 79.1 Å². The van der Waals surface area contributed by atoms with E-state index in [9.17, 15) is 13.9 Å². The molecule has 0 aromatic carbocycles. The van der Waals surface area contributed by atoms with Gasteiger partial charge < -0.3 is 14.6 Å². The van der Waals surface area contributed by atoms with Gasteiger partial charge in [-0.25, -0.2) is 13.8 Å². The lowest BCUT2D eigenvalue weighted by molar-refractivity contribution is 0.140. The predicted molar refractivity (Wildman–Crippen MR) is 44.0 cm³/mol. The molecule has 0 aliphatic carbocycles. The van der Waals surface area contributed by atoms with Gasteiger partial charge in [0.15, 0.2) is 17.2 Å². The molecule has 0 unspecified atom stereocenters. The zero-order chi connectivity index (χ0) is 10.7. The molecule has 1 rings (SSSR count). The maximum Gasteiger partial charge on any atom is 0.284 e. The molecule has 6 heteroatoms. The van der Waals surface area contributed by atoms with Crippen molar-refractivity contribution in [2.24, 2.45) is 0 Å². The number of pyridine rings is 1. The molecule has 0 radical (unpaired) electrons. The minimum absolute atomic E-state index is 0.141. The molecule has 0 saturated heterocycles. The second-order valence-corrected chi connectivity index (χ2v) is 2.40. The number of hydrogen-bond donors (Lipinski definition) is 1. The summed E-state index contributed by atoms with van der Waals surface area (Å²) in [5, 5.41) is 9.22. The fourth-order valence-corrected chi connectivity index (χ4v) is 1.03. The van der Waals surface area contributed by atoms with Crippen molar-refractivity contribution in [3.05, 3.63) is 11.9 Å². The number of aromatic hydroxyl groups is 1. The van der Waals surface area contributed by atoms with Gasteiger partial charge in [0, 0.05) is 0 Å². The van der Waals surface area contributed by atoms with Gasteiger partial charge >= 0.3 is 0 Å². The van der Waals surface area contributed by atoms with Crippen LogP contribution in [0.4, 0.5) is 8.78 Å². The molecule has 4 nitrogen and oxygen atoms in total. The number of hydrogen-bond acceptors (Lipinski definition) is 4. The van der Waals surface area contributed by atoms with Crippen LogP contribution in [0.5, 0.6) is 17.2 Å². The van der Waals surface area contributed by atoms with Crippen molar-refractivity contribution in [3.8, 4) is 17.2 Å². The van der Waals surface area contributed by atoms with E-state index in [-0.39, 0.29) is 17.2 Å². The van der Waals surface area contributed by atoms with Gasteiger partial charge in [-0.15, -0.1) is 0 Å². The molecule has 0 aliphatic rings. The van der Waals surface area contributed by atoms with Crippen LogP contribution in [0.2, 0.25) is 0 Å². The molecular formula is C8H9F2NO3. The normalized spacial score (nSPS) is 10.4. The van der Waals surface area contributed by atoms with Crippen LogP contribution in [-0.4, -0.2) is 24.3 Å². The molecule has 78 valence electrons. The second kappa shape index (κ2) is 4.08. The topological polar surface area (TPSA) is 51.6 Å². The van der Waals surface area contributed by atoms with Crippen LogP contribution < -0.4 is 9.47 Å². The summed E-state index contributed by atoms with van der Waals surface area (Å²) in [4.78, 5) is 3.35. The third-order valence-corrected chi connectivity index (χ3v) is 1.61. The van der Waals surface area contributed by atoms with Gasteiger partial charge in [-0.1, -0.05) is 0 Å². The maximum absolute atomic E-state index is 12.4. The van der Waals surface area contributed by atoms with Gasteiger partial charge in [0.1, 0.15) is 0 Å². The molecular weight excluding hydrogens is 196 g/mol. The Morgan fingerprint density at radius 3 is 2.29 bits per heavy atom. The fourth-order valence-electron chi connectivity index (χ4n) is 1.03. The summed E-state index contributed by atoms with van der Waals surface area (Å²) >= 11 is 0. The number of alkyl halides is 2. The van der Waals surface area contributed by atoms with E-state index < -0.39 is 12.1 Å². The van der Waals surface area contributed by atoms with E-state index in [1.807, 2.05) is 0 Å². The molecule has 0 atom stereocenters. The van der Waals surface area contributed by atoms with Gasteiger partial charge in [0.05, 0.1) is 20.4 Å². The van der Waals surface area contributed by atoms with Gasteiger partial charge in [-0.05, 0) is 0 Å². The molecule has 0 spiro atoms. The van der Waals surface area contributed by atoms with Gasteiger partial charge in [-0.2, -0.15) is 0 Å². The Kier molecular flexibility index (Phi) is 3.06. The monoisotopic (exact) mass is 205 g/mol. The van der Waals surface area contributed by atoms with Gasteiger partial charge in [0.25, 0.3) is 6.43 Å². The standard InChI is InChI=1S/C8H9F2NO3/c1-13-6-4(12)3-11-5(8(9)10)7(6)14-2/h3,8,12H,1-2H3. The number of aromatic nitrogens is 1. The van der Waals surface area contributed by atoms with Crippen molar-refractivity contribution in [3.63, 3.8) is 0 Å². The minimum Gasteiger partial charge on any atom is -0.503 e. The van der Waals surface area contributed by atoms with Gasteiger partial charge in [-0.3, -0.25) is 0 Å². The maximum atomic E-state index is 12.4. The van der Waals surface area contributed by atoms with E-state index in [2.05, 4.69) is 9.72 Å². The van der Waals surface area contributed by atoms with Crippen LogP contribution >= 0.6 is 0 Å². The zero-order valence-electron chi connectivity index (χ0n) is 7.62. The summed E-state index contributed by atoms with van der Waals surface area (Å²) in [6, 6.07) is 0. The number of nitrogens with zero attached hydrogens (tertiary/aromatic N) is 1. The van der Waals surface area contributed by atoms with Crippen LogP contribution in [0, 0.1) is 0 Å². The van der Waals surface area contributed by atoms with E-state index in [0.29, 0.717) is 0 Å². The minimum atomic E-state index is -2.78. The van der Waals surface area contributed by atoms with Crippen molar-refractivity contribution in [1.29, 1.82) is 0 Å². The summed E-state index contributed by atoms with van der Waals surface area (Å²) in [6.45, 7) is 0. The number of methoxy groups -OCH3 is 2. The molecule has 0 bridgehead atoms. The molecule has 0 saturated carbocycles. The highest BCUT2D eigenvalue weighted by Gasteiger charge is 2.22. The summed E-state index contributed by atoms with van der Waals surface area (Å²) in [6.07, 6.45) is -1.89. The average molecular weight is 205 g/mol. The quantitative estimate of drug-likeness (QED) is 0.816. The van der Waals surface area contributed by atoms with Crippen molar-refractivity contribution >= 4 is 0 Å². The highest BCUT2D eigenvalue weighted by molar-refractivity contribution is 5.51. The number of rotatable bonds is 3. The molecule has 1 heterocycles. The fraction of sp³-hybridized carbons (Fsp3) is 0.375. The molecule has 1 aromatic heterocycles. The van der Waals surface area contributed by atoms with Crippen molar-refractivity contribution in [2.75, 3.05) is 14.2 Å². The van der Waals surface area contributed by atoms with Crippen LogP contribution in [0.25, 0.3) is 0 Å². The molecule has 1 N–H and O–H groups in total. The molecule has 1 aromatic rings. The van der Waals surface area contributed by atoms with Gasteiger partial charge in [0.2, 0.25) is 5.75 Å². The summed E-state index contributed by atoms with van der Waals surface area (Å²) in [5.41, 5.74) is -0.554. The van der Waals surface area contributed by atoms with Crippen molar-refractivity contribution < 1.29 is 23.4 Å². The zero-order valence-corrected chi connectivity index (χ0v) is 7.62. The van der Waals surface area contributed by atoms with Crippen LogP contribution in [0.1, 0.15) is 12.1 Å². The first-order valence-electron chi connectivity index (χ1n) is 3.69. The lowest BCUT2D eigenvalue weighted by atomic mass is 10.3. The third kappa shape index (κ3) is 1.68. The molecule has 0 amide bonds. The van der Waals surface area contributed by atoms with Crippen LogP contribution in [0.3, 0.4) is 0 Å². The van der Waals surface area contributed by atoms with Crippen LogP contribution in [0.15, 0.2) is 6.20 Å². The van der Waals surface area contributed by atoms with Crippen molar-refractivity contribution in [1.82, 2.24) is 4.98 Å². The summed E-state index contributed by atoms with van der Waals surface area (Å²) < 4.78 is 34.2. The Morgan fingerprint density at radius 2 is 1.86 bits per heavy atom. The Balaban J connectivity index is 3.33. The molecule has 14 heavy (non-hydrogen) atoms. The van der Waals surface area contributed by atoms with E-state index in [1.165, 1.54) is 14.2 Å². The Hall–Kier alpha value is -1.59. The smallest absolute Gasteiger partial charge is 0.284 e. The Morgan fingerprint density at radius 1 is 1.29 bits per heavy atom. The SMILES string of the molecule is COc1c(O)cnc(C(F)F)c1OC. The first-order valence-corrected chi connectivity index (χ1v) is 3.69. The average Bonchev–Trinajstić information content (AvgIpc) is 2.16. The van der Waals surface area contributed by atoms with E-state index in [0.717, 1.165) is 6.20 Å². The largest absolute Gasteiger partial charge is 0.503 e. The number of ether oxygens (including phenoxy) is 2. The van der Waals surface area contributed by atoms with Crippen LogP contribution in [-0.2, 0) is 0 Å². The number of halogens is 2. The lowest BCUT2D eigenvalue weighted by Crippen LogP contribution is -1.99. The molecule has 0 aliphatic heterocycles. The lowest BCUT2D eigenvalue weighted by Gasteiger charge is -2.11. The highest BCUT2D eigenvalue weighted by Crippen LogP contribution is 2.40. The third-order valence-electron chi connectivity index (χ3n) is 1.61. The van der Waals surface area contributed by atoms with E-state index in [1.54, 1.807) is 0 Å². The first-order chi connectivity index (χ1) is 6.61. The summed E-state index contributed by atoms with van der Waals surface area (Å²) in [7, 11) is 2.44. The summed E-state index contributed by atoms with van der Waals surface area (Å²) in [5.74, 6) is -0.728. The highest BCUT2D eigenvalue weighted by atomic mass is 19.3.